The second-order valence-electron chi connectivity index (χ2n) is 4.86. The standard InChI is InChI=1S/C15H24O3S/c1-3-4-5-6-7-8-13-18-19(16,17)15-11-9-14(2)10-12-15/h9-12H,3-8,13H2,1-2H3/i13+2. The van der Waals surface area contributed by atoms with Crippen molar-refractivity contribution in [2.45, 2.75) is 57.3 Å². The lowest BCUT2D eigenvalue weighted by molar-refractivity contribution is 0.306. The van der Waals surface area contributed by atoms with E-state index in [1.165, 1.54) is 19.3 Å². The Morgan fingerprint density at radius 2 is 1.68 bits per heavy atom. The van der Waals surface area contributed by atoms with Gasteiger partial charge in [-0.3, -0.25) is 4.18 Å². The maximum atomic E-state index is 11.9. The highest BCUT2D eigenvalue weighted by Gasteiger charge is 2.13. The van der Waals surface area contributed by atoms with Crippen LogP contribution in [-0.2, 0) is 14.3 Å². The van der Waals surface area contributed by atoms with Gasteiger partial charge >= 0.3 is 0 Å². The second kappa shape index (κ2) is 8.33. The van der Waals surface area contributed by atoms with E-state index in [0.717, 1.165) is 24.8 Å². The van der Waals surface area contributed by atoms with E-state index >= 15 is 0 Å². The van der Waals surface area contributed by atoms with E-state index in [2.05, 4.69) is 6.92 Å². The van der Waals surface area contributed by atoms with Crippen LogP contribution in [0.5, 0.6) is 0 Å². The van der Waals surface area contributed by atoms with E-state index in [0.29, 0.717) is 0 Å². The number of rotatable bonds is 9. The van der Waals surface area contributed by atoms with Crippen molar-refractivity contribution < 1.29 is 12.6 Å². The second-order valence-corrected chi connectivity index (χ2v) is 6.47. The Bertz CT molecular complexity index is 449. The number of aryl methyl sites for hydroxylation is 1. The minimum atomic E-state index is -3.57. The molecule has 0 bridgehead atoms. The summed E-state index contributed by atoms with van der Waals surface area (Å²) in [6, 6.07) is 6.74. The molecule has 4 heteroatoms. The van der Waals surface area contributed by atoms with Crippen LogP contribution in [0.3, 0.4) is 0 Å². The summed E-state index contributed by atoms with van der Waals surface area (Å²) in [4.78, 5) is 0.240. The predicted molar refractivity (Wildman–Crippen MR) is 77.7 cm³/mol. The number of hydrogen-bond donors (Lipinski definition) is 0. The molecule has 0 aliphatic rings. The molecule has 1 rings (SSSR count). The Hall–Kier alpha value is -0.870. The summed E-state index contributed by atoms with van der Waals surface area (Å²) in [7, 11) is -3.57. The van der Waals surface area contributed by atoms with Crippen molar-refractivity contribution in [1.29, 1.82) is 0 Å². The molecule has 0 amide bonds. The molecular formula is C15H24O3S. The van der Waals surface area contributed by atoms with Gasteiger partial charge in [-0.05, 0) is 25.5 Å². The van der Waals surface area contributed by atoms with Gasteiger partial charge in [0.05, 0.1) is 11.5 Å². The van der Waals surface area contributed by atoms with Gasteiger partial charge in [-0.1, -0.05) is 56.7 Å². The molecule has 0 aliphatic carbocycles. The van der Waals surface area contributed by atoms with Crippen molar-refractivity contribution in [2.24, 2.45) is 0 Å². The normalized spacial score (nSPS) is 11.7. The van der Waals surface area contributed by atoms with Crippen LogP contribution in [0.25, 0.3) is 0 Å². The van der Waals surface area contributed by atoms with Crippen molar-refractivity contribution in [2.75, 3.05) is 6.61 Å². The average molecular weight is 286 g/mol. The molecule has 19 heavy (non-hydrogen) atoms. The highest BCUT2D eigenvalue weighted by molar-refractivity contribution is 7.86. The largest absolute Gasteiger partial charge is 0.296 e. The first-order valence-corrected chi connectivity index (χ1v) is 8.43. The van der Waals surface area contributed by atoms with E-state index in [-0.39, 0.29) is 11.5 Å². The fraction of sp³-hybridized carbons (Fsp3) is 0.600. The van der Waals surface area contributed by atoms with Gasteiger partial charge in [0.2, 0.25) is 0 Å². The van der Waals surface area contributed by atoms with Crippen LogP contribution >= 0.6 is 0 Å². The molecule has 0 spiro atoms. The van der Waals surface area contributed by atoms with Crippen LogP contribution in [-0.4, -0.2) is 15.0 Å². The van der Waals surface area contributed by atoms with Crippen LogP contribution in [0, 0.1) is 6.92 Å². The predicted octanol–water partition coefficient (Wildman–Crippen LogP) is 4.06. The molecule has 0 radical (unpaired) electrons. The highest BCUT2D eigenvalue weighted by atomic mass is 32.2. The van der Waals surface area contributed by atoms with Crippen LogP contribution in [0.15, 0.2) is 29.2 Å². The van der Waals surface area contributed by atoms with E-state index in [1.807, 2.05) is 6.92 Å². The molecule has 0 saturated carbocycles. The smallest absolute Gasteiger partial charge is 0.266 e. The minimum absolute atomic E-state index is 0.240. The third-order valence-corrected chi connectivity index (χ3v) is 4.37. The molecule has 1 aromatic carbocycles. The lowest BCUT2D eigenvalue weighted by Gasteiger charge is -2.06. The van der Waals surface area contributed by atoms with E-state index in [1.54, 1.807) is 24.3 Å². The molecule has 0 saturated heterocycles. The zero-order chi connectivity index (χ0) is 14.1. The molecule has 1 aromatic rings. The van der Waals surface area contributed by atoms with E-state index < -0.39 is 10.1 Å². The van der Waals surface area contributed by atoms with Crippen molar-refractivity contribution in [1.82, 2.24) is 0 Å². The van der Waals surface area contributed by atoms with Crippen molar-refractivity contribution in [3.8, 4) is 0 Å². The topological polar surface area (TPSA) is 43.4 Å². The van der Waals surface area contributed by atoms with Gasteiger partial charge < -0.3 is 0 Å². The van der Waals surface area contributed by atoms with Gasteiger partial charge in [-0.2, -0.15) is 8.42 Å². The van der Waals surface area contributed by atoms with Crippen molar-refractivity contribution in [3.63, 3.8) is 0 Å². The molecule has 108 valence electrons. The third kappa shape index (κ3) is 6.21. The van der Waals surface area contributed by atoms with Gasteiger partial charge in [0, 0.05) is 0 Å². The van der Waals surface area contributed by atoms with Crippen LogP contribution in [0.1, 0.15) is 51.0 Å². The van der Waals surface area contributed by atoms with Gasteiger partial charge in [-0.25, -0.2) is 0 Å². The van der Waals surface area contributed by atoms with Crippen LogP contribution in [0.4, 0.5) is 0 Å². The van der Waals surface area contributed by atoms with E-state index in [4.69, 9.17) is 4.18 Å². The zero-order valence-corrected chi connectivity index (χ0v) is 12.7. The summed E-state index contributed by atoms with van der Waals surface area (Å²) < 4.78 is 28.7. The lowest BCUT2D eigenvalue weighted by atomic mass is 10.2. The summed E-state index contributed by atoms with van der Waals surface area (Å²) in [5, 5.41) is 0. The first-order chi connectivity index (χ1) is 9.06. The maximum Gasteiger partial charge on any atom is 0.296 e. The summed E-state index contributed by atoms with van der Waals surface area (Å²) in [6.45, 7) is 4.38. The molecule has 0 unspecified atom stereocenters. The van der Waals surface area contributed by atoms with Crippen molar-refractivity contribution in [3.05, 3.63) is 29.8 Å². The monoisotopic (exact) mass is 286 g/mol. The molecule has 3 nitrogen and oxygen atoms in total. The first kappa shape index (κ1) is 16.2. The Morgan fingerprint density at radius 1 is 1.05 bits per heavy atom. The van der Waals surface area contributed by atoms with Gasteiger partial charge in [0.1, 0.15) is 0 Å². The molecule has 0 N–H and O–H groups in total. The molecular weight excluding hydrogens is 262 g/mol. The Balaban J connectivity index is 2.29. The fourth-order valence-electron chi connectivity index (χ4n) is 1.82. The zero-order valence-electron chi connectivity index (χ0n) is 11.9. The molecule has 0 aliphatic heterocycles. The van der Waals surface area contributed by atoms with Crippen LogP contribution in [0.2, 0.25) is 0 Å². The van der Waals surface area contributed by atoms with E-state index in [9.17, 15) is 8.42 Å². The maximum absolute atomic E-state index is 11.9. The van der Waals surface area contributed by atoms with Gasteiger partial charge in [0.25, 0.3) is 10.1 Å². The Kier molecular flexibility index (Phi) is 7.10. The fourth-order valence-corrected chi connectivity index (χ4v) is 2.77. The Labute approximate surface area is 117 Å². The highest BCUT2D eigenvalue weighted by Crippen LogP contribution is 2.14. The number of hydrogen-bond acceptors (Lipinski definition) is 3. The number of benzene rings is 1. The third-order valence-electron chi connectivity index (χ3n) is 3.05. The summed E-state index contributed by atoms with van der Waals surface area (Å²) in [5.41, 5.74) is 1.04. The first-order valence-electron chi connectivity index (χ1n) is 7.02. The summed E-state index contributed by atoms with van der Waals surface area (Å²) in [5.74, 6) is 0. The average Bonchev–Trinajstić information content (AvgIpc) is 2.38. The Morgan fingerprint density at radius 3 is 2.32 bits per heavy atom. The van der Waals surface area contributed by atoms with Gasteiger partial charge in [-0.15, -0.1) is 0 Å². The molecule has 0 fully saturated rings. The number of unbranched alkanes of at least 4 members (excludes halogenated alkanes) is 5. The molecule has 0 aromatic heterocycles. The lowest BCUT2D eigenvalue weighted by Crippen LogP contribution is -2.07. The van der Waals surface area contributed by atoms with Gasteiger partial charge in [0.15, 0.2) is 0 Å². The summed E-state index contributed by atoms with van der Waals surface area (Å²) in [6.07, 6.45) is 6.68. The molecule has 0 atom stereocenters. The van der Waals surface area contributed by atoms with Crippen molar-refractivity contribution >= 4 is 10.1 Å². The SMILES string of the molecule is CCCCCCC[14CH2]OS(=O)(=O)c1ccc(C)cc1. The minimum Gasteiger partial charge on any atom is -0.266 e. The van der Waals surface area contributed by atoms with Crippen LogP contribution < -0.4 is 0 Å². The quantitative estimate of drug-likeness (QED) is 0.508. The molecule has 0 heterocycles. The summed E-state index contributed by atoms with van der Waals surface area (Å²) >= 11 is 0.